The fraction of sp³-hybridized carbons (Fsp3) is 0.294. The van der Waals surface area contributed by atoms with Crippen molar-refractivity contribution in [3.05, 3.63) is 57.3 Å². The lowest BCUT2D eigenvalue weighted by molar-refractivity contribution is 0.0598. The molecule has 0 bridgehead atoms. The van der Waals surface area contributed by atoms with Gasteiger partial charge in [-0.2, -0.15) is 0 Å². The summed E-state index contributed by atoms with van der Waals surface area (Å²) in [4.78, 5) is 27.4. The number of rotatable bonds is 2. The Bertz CT molecular complexity index is 705. The summed E-state index contributed by atoms with van der Waals surface area (Å²) < 4.78 is 4.67. The molecule has 2 aromatic rings. The van der Waals surface area contributed by atoms with Gasteiger partial charge in [0.25, 0.3) is 5.91 Å². The zero-order valence-electron chi connectivity index (χ0n) is 12.5. The maximum atomic E-state index is 12.7. The Morgan fingerprint density at radius 1 is 1.18 bits per heavy atom. The highest BCUT2D eigenvalue weighted by Crippen LogP contribution is 2.33. The van der Waals surface area contributed by atoms with Crippen molar-refractivity contribution in [1.29, 1.82) is 0 Å². The zero-order valence-corrected chi connectivity index (χ0v) is 13.4. The van der Waals surface area contributed by atoms with Crippen molar-refractivity contribution < 1.29 is 14.3 Å². The molecule has 114 valence electrons. The van der Waals surface area contributed by atoms with E-state index in [0.29, 0.717) is 11.1 Å². The third-order valence-corrected chi connectivity index (χ3v) is 5.09. The SMILES string of the molecule is COC(=O)c1ccc(C(=O)N2CCc3sccc3[C@H]2C)cc1. The van der Waals surface area contributed by atoms with Crippen LogP contribution in [0.5, 0.6) is 0 Å². The van der Waals surface area contributed by atoms with E-state index in [1.165, 1.54) is 17.6 Å². The number of esters is 1. The summed E-state index contributed by atoms with van der Waals surface area (Å²) in [6.07, 6.45) is 0.906. The monoisotopic (exact) mass is 315 g/mol. The molecule has 0 N–H and O–H groups in total. The van der Waals surface area contributed by atoms with Gasteiger partial charge in [0.2, 0.25) is 0 Å². The number of amides is 1. The summed E-state index contributed by atoms with van der Waals surface area (Å²) in [6, 6.07) is 8.81. The van der Waals surface area contributed by atoms with Crippen molar-refractivity contribution in [3.8, 4) is 0 Å². The highest BCUT2D eigenvalue weighted by Gasteiger charge is 2.28. The fourth-order valence-electron chi connectivity index (χ4n) is 2.82. The van der Waals surface area contributed by atoms with Crippen LogP contribution in [0.3, 0.4) is 0 Å². The fourth-order valence-corrected chi connectivity index (χ4v) is 3.78. The molecule has 0 saturated heterocycles. The lowest BCUT2D eigenvalue weighted by Gasteiger charge is -2.33. The molecule has 0 aliphatic carbocycles. The van der Waals surface area contributed by atoms with Crippen molar-refractivity contribution in [2.45, 2.75) is 19.4 Å². The molecule has 0 spiro atoms. The molecule has 0 unspecified atom stereocenters. The van der Waals surface area contributed by atoms with Crippen LogP contribution in [0.1, 0.15) is 44.1 Å². The lowest BCUT2D eigenvalue weighted by Crippen LogP contribution is -2.38. The second kappa shape index (κ2) is 5.93. The number of nitrogens with zero attached hydrogens (tertiary/aromatic N) is 1. The van der Waals surface area contributed by atoms with Crippen molar-refractivity contribution in [1.82, 2.24) is 4.90 Å². The van der Waals surface area contributed by atoms with Crippen LogP contribution >= 0.6 is 11.3 Å². The van der Waals surface area contributed by atoms with Gasteiger partial charge in [-0.25, -0.2) is 4.79 Å². The van der Waals surface area contributed by atoms with E-state index in [9.17, 15) is 9.59 Å². The standard InChI is InChI=1S/C17H17NO3S/c1-11-14-8-10-22-15(14)7-9-18(11)16(19)12-3-5-13(6-4-12)17(20)21-2/h3-6,8,10-11H,7,9H2,1-2H3/t11-/m1/s1. The predicted molar refractivity (Wildman–Crippen MR) is 85.3 cm³/mol. The van der Waals surface area contributed by atoms with Crippen LogP contribution in [-0.2, 0) is 11.2 Å². The molecule has 0 fully saturated rings. The average molecular weight is 315 g/mol. The highest BCUT2D eigenvalue weighted by atomic mass is 32.1. The molecule has 1 atom stereocenters. The van der Waals surface area contributed by atoms with E-state index >= 15 is 0 Å². The third kappa shape index (κ3) is 2.52. The first kappa shape index (κ1) is 14.8. The Morgan fingerprint density at radius 2 is 1.86 bits per heavy atom. The van der Waals surface area contributed by atoms with Crippen LogP contribution in [0.4, 0.5) is 0 Å². The van der Waals surface area contributed by atoms with Gasteiger partial charge < -0.3 is 9.64 Å². The Morgan fingerprint density at radius 3 is 2.55 bits per heavy atom. The summed E-state index contributed by atoms with van der Waals surface area (Å²) in [5, 5.41) is 2.08. The summed E-state index contributed by atoms with van der Waals surface area (Å²) in [5.41, 5.74) is 2.29. The van der Waals surface area contributed by atoms with Crippen LogP contribution in [0.15, 0.2) is 35.7 Å². The molecule has 2 heterocycles. The van der Waals surface area contributed by atoms with Crippen LogP contribution in [-0.4, -0.2) is 30.4 Å². The predicted octanol–water partition coefficient (Wildman–Crippen LogP) is 3.29. The lowest BCUT2D eigenvalue weighted by atomic mass is 10.00. The first-order valence-corrected chi connectivity index (χ1v) is 8.05. The van der Waals surface area contributed by atoms with Crippen LogP contribution in [0.25, 0.3) is 0 Å². The Hall–Kier alpha value is -2.14. The van der Waals surface area contributed by atoms with Gasteiger partial charge in [-0.1, -0.05) is 0 Å². The van der Waals surface area contributed by atoms with Crippen LogP contribution < -0.4 is 0 Å². The van der Waals surface area contributed by atoms with Crippen molar-refractivity contribution in [3.63, 3.8) is 0 Å². The number of ether oxygens (including phenoxy) is 1. The van der Waals surface area contributed by atoms with Crippen molar-refractivity contribution >= 4 is 23.2 Å². The van der Waals surface area contributed by atoms with Gasteiger partial charge in [0.15, 0.2) is 0 Å². The molecule has 1 aromatic carbocycles. The normalized spacial score (nSPS) is 17.0. The number of carbonyl (C=O) groups is 2. The number of hydrogen-bond acceptors (Lipinski definition) is 4. The van der Waals surface area contributed by atoms with Gasteiger partial charge >= 0.3 is 5.97 Å². The van der Waals surface area contributed by atoms with Crippen molar-refractivity contribution in [2.75, 3.05) is 13.7 Å². The molecule has 1 amide bonds. The second-order valence-corrected chi connectivity index (χ2v) is 6.29. The van der Waals surface area contributed by atoms with Crippen LogP contribution in [0.2, 0.25) is 0 Å². The number of methoxy groups -OCH3 is 1. The van der Waals surface area contributed by atoms with Gasteiger partial charge in [0.1, 0.15) is 0 Å². The summed E-state index contributed by atoms with van der Waals surface area (Å²) in [6.45, 7) is 2.79. The number of carbonyl (C=O) groups excluding carboxylic acids is 2. The molecule has 22 heavy (non-hydrogen) atoms. The van der Waals surface area contributed by atoms with Gasteiger partial charge in [-0.05, 0) is 54.6 Å². The van der Waals surface area contributed by atoms with Gasteiger partial charge in [-0.3, -0.25) is 4.79 Å². The number of hydrogen-bond donors (Lipinski definition) is 0. The minimum Gasteiger partial charge on any atom is -0.465 e. The topological polar surface area (TPSA) is 46.6 Å². The molecular formula is C17H17NO3S. The van der Waals surface area contributed by atoms with Crippen LogP contribution in [0, 0.1) is 0 Å². The maximum absolute atomic E-state index is 12.7. The number of benzene rings is 1. The van der Waals surface area contributed by atoms with E-state index in [1.54, 1.807) is 35.6 Å². The molecule has 1 aliphatic heterocycles. The molecule has 3 rings (SSSR count). The maximum Gasteiger partial charge on any atom is 0.337 e. The van der Waals surface area contributed by atoms with E-state index in [2.05, 4.69) is 23.1 Å². The third-order valence-electron chi connectivity index (χ3n) is 4.09. The van der Waals surface area contributed by atoms with E-state index in [1.807, 2.05) is 4.90 Å². The van der Waals surface area contributed by atoms with E-state index < -0.39 is 5.97 Å². The van der Waals surface area contributed by atoms with E-state index in [4.69, 9.17) is 0 Å². The molecule has 0 radical (unpaired) electrons. The molecule has 1 aliphatic rings. The minimum atomic E-state index is -0.395. The van der Waals surface area contributed by atoms with Gasteiger partial charge in [0.05, 0.1) is 18.7 Å². The van der Waals surface area contributed by atoms with Gasteiger partial charge in [-0.15, -0.1) is 11.3 Å². The molecule has 5 heteroatoms. The van der Waals surface area contributed by atoms with E-state index in [0.717, 1.165) is 13.0 Å². The first-order chi connectivity index (χ1) is 10.6. The zero-order chi connectivity index (χ0) is 15.7. The largest absolute Gasteiger partial charge is 0.465 e. The Labute approximate surface area is 133 Å². The van der Waals surface area contributed by atoms with Gasteiger partial charge in [0, 0.05) is 17.0 Å². The summed E-state index contributed by atoms with van der Waals surface area (Å²) in [5.74, 6) is -0.394. The first-order valence-electron chi connectivity index (χ1n) is 7.17. The smallest absolute Gasteiger partial charge is 0.337 e. The molecule has 4 nitrogen and oxygen atoms in total. The van der Waals surface area contributed by atoms with Crippen molar-refractivity contribution in [2.24, 2.45) is 0 Å². The molecular weight excluding hydrogens is 298 g/mol. The quantitative estimate of drug-likeness (QED) is 0.799. The number of fused-ring (bicyclic) bond motifs is 1. The molecule has 0 saturated carbocycles. The minimum absolute atomic E-state index is 0.000709. The summed E-state index contributed by atoms with van der Waals surface area (Å²) >= 11 is 1.76. The average Bonchev–Trinajstić information content (AvgIpc) is 3.03. The molecule has 1 aromatic heterocycles. The van der Waals surface area contributed by atoms with E-state index in [-0.39, 0.29) is 11.9 Å². The summed E-state index contributed by atoms with van der Waals surface area (Å²) in [7, 11) is 1.34. The second-order valence-electron chi connectivity index (χ2n) is 5.29. The Balaban J connectivity index is 1.81. The Kier molecular flexibility index (Phi) is 3.98. The number of thiophene rings is 1. The highest BCUT2D eigenvalue weighted by molar-refractivity contribution is 7.10.